The van der Waals surface area contributed by atoms with E-state index in [0.717, 1.165) is 28.1 Å². The lowest BCUT2D eigenvalue weighted by Crippen LogP contribution is -2.40. The first-order valence-corrected chi connectivity index (χ1v) is 14.8. The van der Waals surface area contributed by atoms with Crippen LogP contribution in [-0.2, 0) is 26.2 Å². The molecule has 1 amide bonds. The van der Waals surface area contributed by atoms with Gasteiger partial charge in [-0.2, -0.15) is 9.57 Å². The van der Waals surface area contributed by atoms with E-state index in [2.05, 4.69) is 20.3 Å². The van der Waals surface area contributed by atoms with Crippen LogP contribution in [0.3, 0.4) is 0 Å². The van der Waals surface area contributed by atoms with Gasteiger partial charge in [-0.15, -0.1) is 0 Å². The SMILES string of the molecule is CC(=O)NCCN(c1cccc(COC2CCN(S(=O)(=O)c3ccc(C#N)cc3)CC2)c1)c1ncnc2[nH]ccc12. The van der Waals surface area contributed by atoms with E-state index in [1.54, 1.807) is 0 Å². The smallest absolute Gasteiger partial charge is 0.243 e. The Balaban J connectivity index is 1.24. The molecule has 1 saturated heterocycles. The molecule has 1 fully saturated rings. The zero-order valence-electron chi connectivity index (χ0n) is 22.7. The van der Waals surface area contributed by atoms with Gasteiger partial charge in [0.25, 0.3) is 0 Å². The van der Waals surface area contributed by atoms with Gasteiger partial charge >= 0.3 is 0 Å². The number of fused-ring (bicyclic) bond motifs is 1. The summed E-state index contributed by atoms with van der Waals surface area (Å²) in [5, 5.41) is 12.7. The number of nitriles is 1. The maximum atomic E-state index is 13.0. The molecule has 2 aromatic heterocycles. The third kappa shape index (κ3) is 6.54. The molecule has 41 heavy (non-hydrogen) atoms. The Morgan fingerprint density at radius 2 is 1.95 bits per heavy atom. The number of hydrogen-bond acceptors (Lipinski definition) is 8. The van der Waals surface area contributed by atoms with Crippen molar-refractivity contribution in [2.75, 3.05) is 31.1 Å². The van der Waals surface area contributed by atoms with Gasteiger partial charge in [0, 0.05) is 45.0 Å². The number of aromatic amines is 1. The Labute approximate surface area is 238 Å². The fourth-order valence-electron chi connectivity index (χ4n) is 4.89. The molecule has 5 rings (SSSR count). The van der Waals surface area contributed by atoms with E-state index in [1.165, 1.54) is 41.8 Å². The van der Waals surface area contributed by atoms with Crippen molar-refractivity contribution in [1.29, 1.82) is 5.26 Å². The van der Waals surface area contributed by atoms with E-state index in [4.69, 9.17) is 10.00 Å². The average Bonchev–Trinajstić information content (AvgIpc) is 3.48. The lowest BCUT2D eigenvalue weighted by atomic mass is 10.1. The molecule has 3 heterocycles. The first-order chi connectivity index (χ1) is 19.8. The molecular weight excluding hydrogens is 542 g/mol. The minimum atomic E-state index is -3.62. The molecule has 4 aromatic rings. The van der Waals surface area contributed by atoms with E-state index < -0.39 is 10.0 Å². The highest BCUT2D eigenvalue weighted by Crippen LogP contribution is 2.30. The Bertz CT molecular complexity index is 1660. The number of nitrogens with one attached hydrogen (secondary N) is 2. The summed E-state index contributed by atoms with van der Waals surface area (Å²) in [5.41, 5.74) is 3.03. The van der Waals surface area contributed by atoms with Crippen molar-refractivity contribution in [3.8, 4) is 6.07 Å². The maximum absolute atomic E-state index is 13.0. The zero-order chi connectivity index (χ0) is 28.8. The second-order valence-corrected chi connectivity index (χ2v) is 11.7. The van der Waals surface area contributed by atoms with E-state index in [1.807, 2.05) is 47.5 Å². The number of rotatable bonds is 10. The van der Waals surface area contributed by atoms with Crippen LogP contribution in [0.2, 0.25) is 0 Å². The summed E-state index contributed by atoms with van der Waals surface area (Å²) in [6.45, 7) is 3.55. The summed E-state index contributed by atoms with van der Waals surface area (Å²) in [4.78, 5) is 25.7. The summed E-state index contributed by atoms with van der Waals surface area (Å²) in [6, 6.07) is 17.9. The van der Waals surface area contributed by atoms with Crippen LogP contribution in [0.25, 0.3) is 11.0 Å². The largest absolute Gasteiger partial charge is 0.373 e. The zero-order valence-corrected chi connectivity index (χ0v) is 23.5. The van der Waals surface area contributed by atoms with Gasteiger partial charge < -0.3 is 19.9 Å². The highest BCUT2D eigenvalue weighted by Gasteiger charge is 2.29. The first-order valence-electron chi connectivity index (χ1n) is 13.4. The Hall–Kier alpha value is -4.31. The minimum Gasteiger partial charge on any atom is -0.373 e. The van der Waals surface area contributed by atoms with Crippen LogP contribution in [0.5, 0.6) is 0 Å². The molecule has 1 aliphatic rings. The monoisotopic (exact) mass is 573 g/mol. The lowest BCUT2D eigenvalue weighted by Gasteiger charge is -2.31. The number of benzene rings is 2. The van der Waals surface area contributed by atoms with Crippen molar-refractivity contribution in [2.45, 2.75) is 37.4 Å². The van der Waals surface area contributed by atoms with Gasteiger partial charge in [0.15, 0.2) is 0 Å². The number of carbonyl (C=O) groups is 1. The van der Waals surface area contributed by atoms with Crippen LogP contribution in [-0.4, -0.2) is 65.9 Å². The van der Waals surface area contributed by atoms with Crippen LogP contribution in [0.1, 0.15) is 30.9 Å². The first kappa shape index (κ1) is 28.2. The van der Waals surface area contributed by atoms with Gasteiger partial charge in [0.2, 0.25) is 15.9 Å². The number of amides is 1. The molecule has 212 valence electrons. The molecule has 1 aliphatic heterocycles. The van der Waals surface area contributed by atoms with E-state index in [-0.39, 0.29) is 16.9 Å². The van der Waals surface area contributed by atoms with Gasteiger partial charge in [-0.3, -0.25) is 4.79 Å². The summed E-state index contributed by atoms with van der Waals surface area (Å²) in [6.07, 6.45) is 4.44. The number of anilines is 2. The predicted octanol–water partition coefficient (Wildman–Crippen LogP) is 3.47. The topological polar surface area (TPSA) is 144 Å². The van der Waals surface area contributed by atoms with E-state index in [0.29, 0.717) is 51.2 Å². The molecule has 0 unspecified atom stereocenters. The number of aromatic nitrogens is 3. The molecule has 12 heteroatoms. The molecule has 0 radical (unpaired) electrons. The van der Waals surface area contributed by atoms with Crippen LogP contribution in [0, 0.1) is 11.3 Å². The molecule has 0 bridgehead atoms. The summed E-state index contributed by atoms with van der Waals surface area (Å²) in [7, 11) is -3.62. The average molecular weight is 574 g/mol. The van der Waals surface area contributed by atoms with Gasteiger partial charge in [-0.1, -0.05) is 12.1 Å². The maximum Gasteiger partial charge on any atom is 0.243 e. The highest BCUT2D eigenvalue weighted by atomic mass is 32.2. The fourth-order valence-corrected chi connectivity index (χ4v) is 6.36. The van der Waals surface area contributed by atoms with Crippen LogP contribution in [0.4, 0.5) is 11.5 Å². The van der Waals surface area contributed by atoms with E-state index >= 15 is 0 Å². The Morgan fingerprint density at radius 3 is 2.68 bits per heavy atom. The second kappa shape index (κ2) is 12.5. The lowest BCUT2D eigenvalue weighted by molar-refractivity contribution is -0.118. The highest BCUT2D eigenvalue weighted by molar-refractivity contribution is 7.89. The molecule has 0 atom stereocenters. The molecule has 2 aromatic carbocycles. The van der Waals surface area contributed by atoms with E-state index in [9.17, 15) is 13.2 Å². The summed E-state index contributed by atoms with van der Waals surface area (Å²) in [5.74, 6) is 0.632. The Morgan fingerprint density at radius 1 is 1.17 bits per heavy atom. The van der Waals surface area contributed by atoms with Crippen LogP contribution in [0.15, 0.2) is 72.0 Å². The quantitative estimate of drug-likeness (QED) is 0.293. The van der Waals surface area contributed by atoms with Gasteiger partial charge in [-0.05, 0) is 60.9 Å². The standard InChI is InChI=1S/C29H31N7O4S/c1-21(37)31-13-16-36(29-27-9-12-32-28(27)33-20-34-29)24-4-2-3-23(17-24)19-40-25-10-14-35(15-11-25)41(38,39)26-7-5-22(18-30)6-8-26/h2-9,12,17,20,25H,10-11,13-16,19H2,1H3,(H,31,37)(H,32,33,34). The molecular formula is C29H31N7O4S. The number of sulfonamides is 1. The molecule has 11 nitrogen and oxygen atoms in total. The number of ether oxygens (including phenoxy) is 1. The third-order valence-electron chi connectivity index (χ3n) is 7.03. The third-order valence-corrected chi connectivity index (χ3v) is 8.94. The number of nitrogens with zero attached hydrogens (tertiary/aromatic N) is 5. The summed E-state index contributed by atoms with van der Waals surface area (Å²) >= 11 is 0. The molecule has 0 aliphatic carbocycles. The normalized spacial score (nSPS) is 14.5. The second-order valence-electron chi connectivity index (χ2n) is 9.79. The Kier molecular flexibility index (Phi) is 8.58. The number of hydrogen-bond donors (Lipinski definition) is 2. The van der Waals surface area contributed by atoms with Gasteiger partial charge in [0.05, 0.1) is 34.6 Å². The molecule has 0 spiro atoms. The van der Waals surface area contributed by atoms with Gasteiger partial charge in [0.1, 0.15) is 17.8 Å². The van der Waals surface area contributed by atoms with Crippen molar-refractivity contribution in [3.05, 3.63) is 78.2 Å². The van der Waals surface area contributed by atoms with Crippen molar-refractivity contribution in [2.24, 2.45) is 0 Å². The number of carbonyl (C=O) groups excluding carboxylic acids is 1. The molecule has 2 N–H and O–H groups in total. The fraction of sp³-hybridized carbons (Fsp3) is 0.310. The van der Waals surface area contributed by atoms with Crippen LogP contribution < -0.4 is 10.2 Å². The van der Waals surface area contributed by atoms with Crippen molar-refractivity contribution in [3.63, 3.8) is 0 Å². The van der Waals surface area contributed by atoms with Gasteiger partial charge in [-0.25, -0.2) is 18.4 Å². The van der Waals surface area contributed by atoms with Crippen molar-refractivity contribution < 1.29 is 17.9 Å². The van der Waals surface area contributed by atoms with Crippen molar-refractivity contribution in [1.82, 2.24) is 24.6 Å². The van der Waals surface area contributed by atoms with Crippen molar-refractivity contribution >= 4 is 38.5 Å². The minimum absolute atomic E-state index is 0.0664. The number of piperidine rings is 1. The summed E-state index contributed by atoms with van der Waals surface area (Å²) < 4.78 is 33.8. The molecule has 0 saturated carbocycles. The van der Waals surface area contributed by atoms with Crippen LogP contribution >= 0.6 is 0 Å². The predicted molar refractivity (Wildman–Crippen MR) is 154 cm³/mol. The number of H-pyrrole nitrogens is 1.